The summed E-state index contributed by atoms with van der Waals surface area (Å²) >= 11 is 0. The van der Waals surface area contributed by atoms with Crippen LogP contribution in [0.5, 0.6) is 0 Å². The Hall–Kier alpha value is -1.53. The predicted octanol–water partition coefficient (Wildman–Crippen LogP) is 3.60. The molecule has 1 unspecified atom stereocenters. The van der Waals surface area contributed by atoms with Crippen LogP contribution >= 0.6 is 0 Å². The second kappa shape index (κ2) is 6.71. The Labute approximate surface area is 129 Å². The van der Waals surface area contributed by atoms with Crippen LogP contribution in [0.2, 0.25) is 0 Å². The van der Waals surface area contributed by atoms with Crippen LogP contribution in [-0.2, 0) is 10.0 Å². The molecule has 0 heterocycles. The molecule has 1 aromatic carbocycles. The van der Waals surface area contributed by atoms with E-state index in [1.165, 1.54) is 12.1 Å². The zero-order chi connectivity index (χ0) is 16.3. The molecule has 1 atom stereocenters. The SMILES string of the molecule is CC1C=CC(S(N)(=O)=O)=CC1.Fc1ccc(C2CC2)cc1F. The van der Waals surface area contributed by atoms with Crippen molar-refractivity contribution in [3.8, 4) is 0 Å². The van der Waals surface area contributed by atoms with Gasteiger partial charge in [-0.15, -0.1) is 0 Å². The van der Waals surface area contributed by atoms with E-state index in [1.54, 1.807) is 18.2 Å². The Bertz CT molecular complexity index is 707. The summed E-state index contributed by atoms with van der Waals surface area (Å²) in [6.45, 7) is 2.02. The molecular weight excluding hydrogens is 308 g/mol. The normalized spacial score (nSPS) is 20.9. The third-order valence-corrected chi connectivity index (χ3v) is 4.56. The maximum absolute atomic E-state index is 12.6. The van der Waals surface area contributed by atoms with Crippen molar-refractivity contribution in [3.63, 3.8) is 0 Å². The van der Waals surface area contributed by atoms with Crippen LogP contribution in [0, 0.1) is 17.6 Å². The third kappa shape index (κ3) is 4.74. The molecule has 2 aliphatic rings. The molecule has 2 N–H and O–H groups in total. The van der Waals surface area contributed by atoms with Gasteiger partial charge in [-0.3, -0.25) is 0 Å². The Kier molecular flexibility index (Phi) is 5.13. The molecular formula is C16H19F2NO2S. The molecule has 1 fully saturated rings. The van der Waals surface area contributed by atoms with E-state index >= 15 is 0 Å². The predicted molar refractivity (Wildman–Crippen MR) is 82.4 cm³/mol. The lowest BCUT2D eigenvalue weighted by Gasteiger charge is -2.09. The summed E-state index contributed by atoms with van der Waals surface area (Å²) in [7, 11) is -3.47. The smallest absolute Gasteiger partial charge is 0.225 e. The quantitative estimate of drug-likeness (QED) is 0.902. The lowest BCUT2D eigenvalue weighted by molar-refractivity contribution is 0.507. The van der Waals surface area contributed by atoms with E-state index in [1.807, 2.05) is 13.0 Å². The first kappa shape index (κ1) is 16.8. The summed E-state index contributed by atoms with van der Waals surface area (Å²) < 4.78 is 46.5. The summed E-state index contributed by atoms with van der Waals surface area (Å²) in [5.41, 5.74) is 0.934. The van der Waals surface area contributed by atoms with Gasteiger partial charge in [0, 0.05) is 0 Å². The van der Waals surface area contributed by atoms with Crippen LogP contribution in [0.4, 0.5) is 8.78 Å². The maximum atomic E-state index is 12.6. The fraction of sp³-hybridized carbons (Fsp3) is 0.375. The summed E-state index contributed by atoms with van der Waals surface area (Å²) in [5.74, 6) is -0.575. The number of rotatable bonds is 2. The zero-order valence-corrected chi connectivity index (χ0v) is 13.1. The Morgan fingerprint density at radius 3 is 2.32 bits per heavy atom. The first-order valence-corrected chi connectivity index (χ1v) is 8.68. The lowest BCUT2D eigenvalue weighted by atomic mass is 10.0. The number of halogens is 2. The molecule has 0 saturated heterocycles. The molecule has 0 aromatic heterocycles. The zero-order valence-electron chi connectivity index (χ0n) is 12.3. The molecule has 1 saturated carbocycles. The van der Waals surface area contributed by atoms with E-state index in [0.717, 1.165) is 24.8 Å². The van der Waals surface area contributed by atoms with E-state index in [0.29, 0.717) is 11.8 Å². The topological polar surface area (TPSA) is 60.2 Å². The van der Waals surface area contributed by atoms with E-state index in [-0.39, 0.29) is 4.91 Å². The molecule has 3 nitrogen and oxygen atoms in total. The molecule has 2 aliphatic carbocycles. The van der Waals surface area contributed by atoms with Crippen LogP contribution in [-0.4, -0.2) is 8.42 Å². The molecule has 0 aliphatic heterocycles. The molecule has 120 valence electrons. The van der Waals surface area contributed by atoms with Gasteiger partial charge < -0.3 is 0 Å². The highest BCUT2D eigenvalue weighted by Crippen LogP contribution is 2.40. The van der Waals surface area contributed by atoms with Crippen LogP contribution in [0.25, 0.3) is 0 Å². The van der Waals surface area contributed by atoms with Crippen molar-refractivity contribution >= 4 is 10.0 Å². The fourth-order valence-electron chi connectivity index (χ4n) is 2.10. The highest BCUT2D eigenvalue weighted by Gasteiger charge is 2.24. The molecule has 0 radical (unpaired) electrons. The van der Waals surface area contributed by atoms with Crippen molar-refractivity contribution < 1.29 is 17.2 Å². The summed E-state index contributed by atoms with van der Waals surface area (Å²) in [4.78, 5) is 0.232. The lowest BCUT2D eigenvalue weighted by Crippen LogP contribution is -2.15. The van der Waals surface area contributed by atoms with Crippen molar-refractivity contribution in [1.82, 2.24) is 0 Å². The van der Waals surface area contributed by atoms with Gasteiger partial charge in [-0.2, -0.15) is 0 Å². The molecule has 0 spiro atoms. The summed E-state index contributed by atoms with van der Waals surface area (Å²) in [6, 6.07) is 4.16. The number of nitrogens with two attached hydrogens (primary N) is 1. The van der Waals surface area contributed by atoms with Gasteiger partial charge >= 0.3 is 0 Å². The number of allylic oxidation sites excluding steroid dienone is 3. The minimum absolute atomic E-state index is 0.232. The Morgan fingerprint density at radius 2 is 1.86 bits per heavy atom. The van der Waals surface area contributed by atoms with E-state index in [2.05, 4.69) is 0 Å². The van der Waals surface area contributed by atoms with E-state index in [4.69, 9.17) is 5.14 Å². The highest BCUT2D eigenvalue weighted by atomic mass is 32.2. The van der Waals surface area contributed by atoms with Gasteiger partial charge in [0.1, 0.15) is 0 Å². The number of benzene rings is 1. The van der Waals surface area contributed by atoms with Crippen LogP contribution in [0.3, 0.4) is 0 Å². The highest BCUT2D eigenvalue weighted by molar-refractivity contribution is 7.93. The average molecular weight is 327 g/mol. The molecule has 1 aromatic rings. The molecule has 0 amide bonds. The van der Waals surface area contributed by atoms with Crippen LogP contribution in [0.1, 0.15) is 37.7 Å². The second-order valence-electron chi connectivity index (χ2n) is 5.67. The summed E-state index contributed by atoms with van der Waals surface area (Å²) in [6.07, 6.45) is 8.04. The standard InChI is InChI=1S/C9H8F2.C7H11NO2S/c10-8-4-3-7(5-9(8)11)6-1-2-6;1-6-2-4-7(5-3-6)11(8,9)10/h3-6H,1-2H2;2,4-6H,3H2,1H3,(H2,8,9,10). The molecule has 6 heteroatoms. The average Bonchev–Trinajstić information content (AvgIpc) is 3.26. The van der Waals surface area contributed by atoms with E-state index < -0.39 is 21.7 Å². The monoisotopic (exact) mass is 327 g/mol. The Morgan fingerprint density at radius 1 is 1.18 bits per heavy atom. The molecule has 0 bridgehead atoms. The second-order valence-corrected chi connectivity index (χ2v) is 7.23. The number of hydrogen-bond donors (Lipinski definition) is 1. The first-order chi connectivity index (χ1) is 10.3. The first-order valence-electron chi connectivity index (χ1n) is 7.13. The van der Waals surface area contributed by atoms with Crippen molar-refractivity contribution in [1.29, 1.82) is 0 Å². The van der Waals surface area contributed by atoms with Crippen molar-refractivity contribution in [2.24, 2.45) is 11.1 Å². The van der Waals surface area contributed by atoms with Gasteiger partial charge in [0.05, 0.1) is 4.91 Å². The minimum atomic E-state index is -3.47. The largest absolute Gasteiger partial charge is 0.237 e. The Balaban J connectivity index is 0.000000160. The van der Waals surface area contributed by atoms with Gasteiger partial charge in [-0.05, 0) is 54.9 Å². The molecule has 3 rings (SSSR count). The van der Waals surface area contributed by atoms with Gasteiger partial charge in [0.25, 0.3) is 0 Å². The molecule has 22 heavy (non-hydrogen) atoms. The van der Waals surface area contributed by atoms with Crippen molar-refractivity contribution in [2.75, 3.05) is 0 Å². The minimum Gasteiger partial charge on any atom is -0.225 e. The van der Waals surface area contributed by atoms with Gasteiger partial charge in [-0.1, -0.05) is 25.1 Å². The van der Waals surface area contributed by atoms with Crippen molar-refractivity contribution in [2.45, 2.75) is 32.1 Å². The van der Waals surface area contributed by atoms with Gasteiger partial charge in [0.15, 0.2) is 11.6 Å². The van der Waals surface area contributed by atoms with Gasteiger partial charge in [0.2, 0.25) is 10.0 Å². The fourth-order valence-corrected chi connectivity index (χ4v) is 2.70. The van der Waals surface area contributed by atoms with E-state index in [9.17, 15) is 17.2 Å². The maximum Gasteiger partial charge on any atom is 0.237 e. The number of hydrogen-bond acceptors (Lipinski definition) is 2. The number of sulfonamides is 1. The van der Waals surface area contributed by atoms with Gasteiger partial charge in [-0.25, -0.2) is 22.3 Å². The van der Waals surface area contributed by atoms with Crippen molar-refractivity contribution in [3.05, 3.63) is 58.5 Å². The third-order valence-electron chi connectivity index (χ3n) is 3.60. The summed E-state index contributed by atoms with van der Waals surface area (Å²) in [5, 5.41) is 4.91. The van der Waals surface area contributed by atoms with Crippen LogP contribution < -0.4 is 5.14 Å². The number of primary sulfonamides is 1. The van der Waals surface area contributed by atoms with Crippen LogP contribution in [0.15, 0.2) is 41.3 Å².